The van der Waals surface area contributed by atoms with Crippen LogP contribution in [0.15, 0.2) is 53.4 Å². The van der Waals surface area contributed by atoms with Crippen LogP contribution < -0.4 is 10.0 Å². The average molecular weight is 448 g/mol. The van der Waals surface area contributed by atoms with E-state index in [4.69, 9.17) is 0 Å². The first kappa shape index (κ1) is 22.7. The summed E-state index contributed by atoms with van der Waals surface area (Å²) in [6.45, 7) is 3.47. The third-order valence-electron chi connectivity index (χ3n) is 5.11. The van der Waals surface area contributed by atoms with Gasteiger partial charge in [0, 0.05) is 30.9 Å². The third-order valence-corrected chi connectivity index (χ3v) is 6.51. The van der Waals surface area contributed by atoms with E-state index in [1.165, 1.54) is 24.3 Å². The number of halogens is 1. The van der Waals surface area contributed by atoms with E-state index in [1.807, 2.05) is 6.92 Å². The summed E-state index contributed by atoms with van der Waals surface area (Å²) in [5.74, 6) is -1.07. The Morgan fingerprint density at radius 1 is 1.16 bits per heavy atom. The van der Waals surface area contributed by atoms with Gasteiger partial charge in [0.05, 0.1) is 10.8 Å². The highest BCUT2D eigenvalue weighted by Crippen LogP contribution is 2.22. The molecule has 2 aromatic carbocycles. The standard InChI is InChI=1S/C22H26FN3O4S/c1-2-12-24-21(27)17-6-4-13-26(15-17)22(28)16-5-3-7-19(14-16)25-31(29,30)20-10-8-18(23)9-11-20/h3,5,7-11,14,17,25H,2,4,6,12-13,15H2,1H3,(H,24,27)/t17-/m0/s1. The molecule has 0 aliphatic carbocycles. The summed E-state index contributed by atoms with van der Waals surface area (Å²) in [4.78, 5) is 26.8. The number of sulfonamides is 1. The normalized spacial score (nSPS) is 16.6. The van der Waals surface area contributed by atoms with Gasteiger partial charge in [0.1, 0.15) is 5.82 Å². The fourth-order valence-corrected chi connectivity index (χ4v) is 4.54. The minimum atomic E-state index is -3.92. The van der Waals surface area contributed by atoms with Crippen molar-refractivity contribution in [2.45, 2.75) is 31.1 Å². The van der Waals surface area contributed by atoms with E-state index in [1.54, 1.807) is 17.0 Å². The maximum absolute atomic E-state index is 13.1. The van der Waals surface area contributed by atoms with Crippen LogP contribution in [0.25, 0.3) is 0 Å². The lowest BCUT2D eigenvalue weighted by Crippen LogP contribution is -2.45. The molecule has 0 unspecified atom stereocenters. The highest BCUT2D eigenvalue weighted by Gasteiger charge is 2.29. The Balaban J connectivity index is 1.71. The van der Waals surface area contributed by atoms with Crippen molar-refractivity contribution in [3.05, 3.63) is 59.9 Å². The van der Waals surface area contributed by atoms with E-state index in [2.05, 4.69) is 10.0 Å². The zero-order valence-electron chi connectivity index (χ0n) is 17.3. The Labute approximate surface area is 181 Å². The molecular weight excluding hydrogens is 421 g/mol. The number of hydrogen-bond donors (Lipinski definition) is 2. The Hall–Kier alpha value is -2.94. The molecule has 0 spiro atoms. The van der Waals surface area contributed by atoms with Gasteiger partial charge in [-0.3, -0.25) is 14.3 Å². The van der Waals surface area contributed by atoms with Crippen LogP contribution in [0, 0.1) is 11.7 Å². The molecule has 2 amide bonds. The van der Waals surface area contributed by atoms with Gasteiger partial charge in [-0.05, 0) is 61.7 Å². The summed E-state index contributed by atoms with van der Waals surface area (Å²) in [6.07, 6.45) is 2.31. The summed E-state index contributed by atoms with van der Waals surface area (Å²) in [6, 6.07) is 10.7. The van der Waals surface area contributed by atoms with E-state index in [9.17, 15) is 22.4 Å². The largest absolute Gasteiger partial charge is 0.356 e. The van der Waals surface area contributed by atoms with Crippen molar-refractivity contribution < 1.29 is 22.4 Å². The molecule has 2 N–H and O–H groups in total. The van der Waals surface area contributed by atoms with Crippen LogP contribution in [0.1, 0.15) is 36.5 Å². The molecule has 3 rings (SSSR count). The lowest BCUT2D eigenvalue weighted by atomic mass is 9.96. The molecule has 0 radical (unpaired) electrons. The highest BCUT2D eigenvalue weighted by atomic mass is 32.2. The van der Waals surface area contributed by atoms with Gasteiger partial charge in [0.2, 0.25) is 5.91 Å². The van der Waals surface area contributed by atoms with Crippen LogP contribution >= 0.6 is 0 Å². The molecule has 9 heteroatoms. The number of piperidine rings is 1. The van der Waals surface area contributed by atoms with Crippen LogP contribution in [0.4, 0.5) is 10.1 Å². The van der Waals surface area contributed by atoms with E-state index in [0.717, 1.165) is 31.4 Å². The van der Waals surface area contributed by atoms with Crippen molar-refractivity contribution in [3.63, 3.8) is 0 Å². The van der Waals surface area contributed by atoms with Gasteiger partial charge in [0.25, 0.3) is 15.9 Å². The van der Waals surface area contributed by atoms with Crippen LogP contribution in [0.2, 0.25) is 0 Å². The maximum Gasteiger partial charge on any atom is 0.261 e. The summed E-state index contributed by atoms with van der Waals surface area (Å²) >= 11 is 0. The van der Waals surface area contributed by atoms with Crippen molar-refractivity contribution in [2.75, 3.05) is 24.4 Å². The molecule has 7 nitrogen and oxygen atoms in total. The molecule has 166 valence electrons. The Bertz CT molecular complexity index is 1040. The first-order chi connectivity index (χ1) is 14.8. The Morgan fingerprint density at radius 3 is 2.61 bits per heavy atom. The van der Waals surface area contributed by atoms with E-state index in [0.29, 0.717) is 25.2 Å². The second-order valence-electron chi connectivity index (χ2n) is 7.52. The van der Waals surface area contributed by atoms with Gasteiger partial charge in [0.15, 0.2) is 0 Å². The quantitative estimate of drug-likeness (QED) is 0.682. The predicted molar refractivity (Wildman–Crippen MR) is 116 cm³/mol. The molecule has 0 bridgehead atoms. The number of hydrogen-bond acceptors (Lipinski definition) is 4. The van der Waals surface area contributed by atoms with Gasteiger partial charge < -0.3 is 10.2 Å². The van der Waals surface area contributed by atoms with Gasteiger partial charge in [-0.25, -0.2) is 12.8 Å². The number of rotatable bonds is 7. The molecular formula is C22H26FN3O4S. The van der Waals surface area contributed by atoms with Crippen molar-refractivity contribution in [2.24, 2.45) is 5.92 Å². The van der Waals surface area contributed by atoms with Gasteiger partial charge in [-0.2, -0.15) is 0 Å². The molecule has 1 aliphatic heterocycles. The summed E-state index contributed by atoms with van der Waals surface area (Å²) in [5.41, 5.74) is 0.554. The Kier molecular flexibility index (Phi) is 7.27. The van der Waals surface area contributed by atoms with Crippen LogP contribution in [-0.4, -0.2) is 44.8 Å². The molecule has 31 heavy (non-hydrogen) atoms. The smallest absolute Gasteiger partial charge is 0.261 e. The fraction of sp³-hybridized carbons (Fsp3) is 0.364. The minimum Gasteiger partial charge on any atom is -0.356 e. The molecule has 0 aromatic heterocycles. The molecule has 0 saturated carbocycles. The second-order valence-corrected chi connectivity index (χ2v) is 9.20. The third kappa shape index (κ3) is 5.81. The van der Waals surface area contributed by atoms with Crippen LogP contribution in [0.3, 0.4) is 0 Å². The molecule has 1 fully saturated rings. The van der Waals surface area contributed by atoms with Gasteiger partial charge in [-0.15, -0.1) is 0 Å². The second kappa shape index (κ2) is 9.91. The number of likely N-dealkylation sites (tertiary alicyclic amines) is 1. The minimum absolute atomic E-state index is 0.0415. The number of carbonyl (C=O) groups is 2. The van der Waals surface area contributed by atoms with Crippen molar-refractivity contribution in [1.82, 2.24) is 10.2 Å². The first-order valence-electron chi connectivity index (χ1n) is 10.3. The fourth-order valence-electron chi connectivity index (χ4n) is 3.49. The zero-order chi connectivity index (χ0) is 22.4. The average Bonchev–Trinajstić information content (AvgIpc) is 2.77. The maximum atomic E-state index is 13.1. The van der Waals surface area contributed by atoms with Crippen molar-refractivity contribution in [1.29, 1.82) is 0 Å². The summed E-state index contributed by atoms with van der Waals surface area (Å²) in [5, 5.41) is 2.88. The number of benzene rings is 2. The molecule has 1 heterocycles. The summed E-state index contributed by atoms with van der Waals surface area (Å²) < 4.78 is 40.5. The highest BCUT2D eigenvalue weighted by molar-refractivity contribution is 7.92. The summed E-state index contributed by atoms with van der Waals surface area (Å²) in [7, 11) is -3.92. The monoisotopic (exact) mass is 447 g/mol. The lowest BCUT2D eigenvalue weighted by molar-refractivity contribution is -0.126. The molecule has 1 atom stereocenters. The predicted octanol–water partition coefficient (Wildman–Crippen LogP) is 3.00. The molecule has 1 aliphatic rings. The van der Waals surface area contributed by atoms with E-state index in [-0.39, 0.29) is 28.3 Å². The SMILES string of the molecule is CCCNC(=O)[C@H]1CCCN(C(=O)c2cccc(NS(=O)(=O)c3ccc(F)cc3)c2)C1. The van der Waals surface area contributed by atoms with E-state index >= 15 is 0 Å². The first-order valence-corrected chi connectivity index (χ1v) is 11.7. The van der Waals surface area contributed by atoms with E-state index < -0.39 is 15.8 Å². The molecule has 2 aromatic rings. The topological polar surface area (TPSA) is 95.6 Å². The number of amides is 2. The number of nitrogens with one attached hydrogen (secondary N) is 2. The Morgan fingerprint density at radius 2 is 1.90 bits per heavy atom. The van der Waals surface area contributed by atoms with Crippen LogP contribution in [0.5, 0.6) is 0 Å². The van der Waals surface area contributed by atoms with Gasteiger partial charge in [-0.1, -0.05) is 13.0 Å². The lowest BCUT2D eigenvalue weighted by Gasteiger charge is -2.32. The number of anilines is 1. The number of nitrogens with zero attached hydrogens (tertiary/aromatic N) is 1. The van der Waals surface area contributed by atoms with Crippen molar-refractivity contribution >= 4 is 27.5 Å². The van der Waals surface area contributed by atoms with Gasteiger partial charge >= 0.3 is 0 Å². The zero-order valence-corrected chi connectivity index (χ0v) is 18.1. The van der Waals surface area contributed by atoms with Crippen LogP contribution in [-0.2, 0) is 14.8 Å². The van der Waals surface area contributed by atoms with Crippen molar-refractivity contribution in [3.8, 4) is 0 Å². The number of carbonyl (C=O) groups excluding carboxylic acids is 2. The molecule has 1 saturated heterocycles.